The standard InChI is InChI=1S/C16H18N2O2/c1-17-18(16-7-11-2-3-12(16)6-11)15-5-4-13(9-19)14(8-15)10-20/h2-5,8-12,16-17H,6-7H2,1H3. The van der Waals surface area contributed by atoms with Crippen LogP contribution in [-0.4, -0.2) is 25.7 Å². The molecule has 3 rings (SSSR count). The van der Waals surface area contributed by atoms with Gasteiger partial charge in [-0.1, -0.05) is 12.2 Å². The van der Waals surface area contributed by atoms with E-state index in [2.05, 4.69) is 22.6 Å². The summed E-state index contributed by atoms with van der Waals surface area (Å²) in [5, 5.41) is 2.12. The summed E-state index contributed by atoms with van der Waals surface area (Å²) in [6.07, 6.45) is 8.41. The number of hydrogen-bond donors (Lipinski definition) is 1. The molecule has 0 aromatic heterocycles. The first-order chi connectivity index (χ1) is 9.76. The Morgan fingerprint density at radius 1 is 1.15 bits per heavy atom. The van der Waals surface area contributed by atoms with E-state index in [1.54, 1.807) is 12.1 Å². The number of nitrogens with one attached hydrogen (secondary N) is 1. The summed E-state index contributed by atoms with van der Waals surface area (Å²) in [5.74, 6) is 1.25. The van der Waals surface area contributed by atoms with Crippen molar-refractivity contribution in [3.63, 3.8) is 0 Å². The Balaban J connectivity index is 1.91. The van der Waals surface area contributed by atoms with E-state index in [1.807, 2.05) is 13.1 Å². The minimum Gasteiger partial charge on any atom is -0.305 e. The summed E-state index contributed by atoms with van der Waals surface area (Å²) in [7, 11) is 1.89. The van der Waals surface area contributed by atoms with Crippen molar-refractivity contribution < 1.29 is 9.59 Å². The number of hydrazine groups is 1. The van der Waals surface area contributed by atoms with Gasteiger partial charge in [0.25, 0.3) is 0 Å². The maximum Gasteiger partial charge on any atom is 0.150 e. The predicted octanol–water partition coefficient (Wildman–Crippen LogP) is 2.22. The molecule has 1 aromatic rings. The Kier molecular flexibility index (Phi) is 3.40. The van der Waals surface area contributed by atoms with Gasteiger partial charge in [0.2, 0.25) is 0 Å². The minimum atomic E-state index is 0.414. The fourth-order valence-corrected chi connectivity index (χ4v) is 3.46. The van der Waals surface area contributed by atoms with Gasteiger partial charge in [0, 0.05) is 18.2 Å². The van der Waals surface area contributed by atoms with Crippen LogP contribution in [0, 0.1) is 11.8 Å². The second kappa shape index (κ2) is 5.21. The third kappa shape index (κ3) is 2.06. The van der Waals surface area contributed by atoms with Crippen molar-refractivity contribution >= 4 is 18.3 Å². The smallest absolute Gasteiger partial charge is 0.150 e. The molecule has 0 radical (unpaired) electrons. The lowest BCUT2D eigenvalue weighted by molar-refractivity contribution is 0.109. The van der Waals surface area contributed by atoms with E-state index in [9.17, 15) is 9.59 Å². The van der Waals surface area contributed by atoms with Crippen molar-refractivity contribution in [3.05, 3.63) is 41.5 Å². The number of hydrogen-bond acceptors (Lipinski definition) is 4. The molecule has 4 heteroatoms. The summed E-state index contributed by atoms with van der Waals surface area (Å²) in [4.78, 5) is 22.0. The van der Waals surface area contributed by atoms with Crippen molar-refractivity contribution in [2.24, 2.45) is 11.8 Å². The third-order valence-electron chi connectivity index (χ3n) is 4.42. The zero-order valence-electron chi connectivity index (χ0n) is 11.5. The lowest BCUT2D eigenvalue weighted by Gasteiger charge is -2.34. The van der Waals surface area contributed by atoms with Gasteiger partial charge in [-0.3, -0.25) is 9.59 Å². The number of rotatable bonds is 5. The molecule has 3 unspecified atom stereocenters. The molecular formula is C16H18N2O2. The Hall–Kier alpha value is -1.94. The van der Waals surface area contributed by atoms with Crippen LogP contribution in [0.3, 0.4) is 0 Å². The lowest BCUT2D eigenvalue weighted by Crippen LogP contribution is -2.46. The number of benzene rings is 1. The molecule has 104 valence electrons. The number of anilines is 1. The highest BCUT2D eigenvalue weighted by Crippen LogP contribution is 2.42. The van der Waals surface area contributed by atoms with Gasteiger partial charge in [0.1, 0.15) is 0 Å². The molecule has 1 saturated carbocycles. The van der Waals surface area contributed by atoms with E-state index in [1.165, 1.54) is 6.42 Å². The topological polar surface area (TPSA) is 49.4 Å². The highest BCUT2D eigenvalue weighted by molar-refractivity contribution is 5.91. The highest BCUT2D eigenvalue weighted by Gasteiger charge is 2.39. The van der Waals surface area contributed by atoms with Gasteiger partial charge in [-0.05, 0) is 42.9 Å². The Bertz CT molecular complexity index is 568. The van der Waals surface area contributed by atoms with E-state index in [0.29, 0.717) is 29.0 Å². The van der Waals surface area contributed by atoms with Gasteiger partial charge < -0.3 is 5.01 Å². The normalized spacial score (nSPS) is 26.8. The van der Waals surface area contributed by atoms with E-state index in [-0.39, 0.29) is 0 Å². The molecule has 0 heterocycles. The van der Waals surface area contributed by atoms with Gasteiger partial charge in [-0.2, -0.15) is 0 Å². The third-order valence-corrected chi connectivity index (χ3v) is 4.42. The molecule has 4 nitrogen and oxygen atoms in total. The second-order valence-corrected chi connectivity index (χ2v) is 5.49. The van der Waals surface area contributed by atoms with E-state index in [0.717, 1.165) is 24.7 Å². The first-order valence-electron chi connectivity index (χ1n) is 6.96. The largest absolute Gasteiger partial charge is 0.305 e. The summed E-state index contributed by atoms with van der Waals surface area (Å²) in [6, 6.07) is 5.79. The molecular weight excluding hydrogens is 252 g/mol. The van der Waals surface area contributed by atoms with Crippen LogP contribution in [0.2, 0.25) is 0 Å². The number of carbonyl (C=O) groups excluding carboxylic acids is 2. The van der Waals surface area contributed by atoms with Crippen LogP contribution in [0.4, 0.5) is 5.69 Å². The van der Waals surface area contributed by atoms with Crippen molar-refractivity contribution in [3.8, 4) is 0 Å². The molecule has 20 heavy (non-hydrogen) atoms. The van der Waals surface area contributed by atoms with Crippen LogP contribution in [0.25, 0.3) is 0 Å². The highest BCUT2D eigenvalue weighted by atomic mass is 16.1. The summed E-state index contributed by atoms with van der Waals surface area (Å²) >= 11 is 0. The van der Waals surface area contributed by atoms with Gasteiger partial charge >= 0.3 is 0 Å². The molecule has 0 saturated heterocycles. The van der Waals surface area contributed by atoms with Crippen LogP contribution < -0.4 is 10.4 Å². The van der Waals surface area contributed by atoms with E-state index in [4.69, 9.17) is 0 Å². The van der Waals surface area contributed by atoms with Gasteiger partial charge in [-0.15, -0.1) is 0 Å². The molecule has 0 aliphatic heterocycles. The number of nitrogens with zero attached hydrogens (tertiary/aromatic N) is 1. The van der Waals surface area contributed by atoms with Gasteiger partial charge in [0.15, 0.2) is 12.6 Å². The van der Waals surface area contributed by atoms with Gasteiger partial charge in [0.05, 0.1) is 11.7 Å². The van der Waals surface area contributed by atoms with Crippen molar-refractivity contribution in [2.45, 2.75) is 18.9 Å². The maximum absolute atomic E-state index is 11.1. The van der Waals surface area contributed by atoms with E-state index >= 15 is 0 Å². The summed E-state index contributed by atoms with van der Waals surface area (Å²) < 4.78 is 0. The van der Waals surface area contributed by atoms with Crippen LogP contribution in [0.5, 0.6) is 0 Å². The Morgan fingerprint density at radius 3 is 2.50 bits per heavy atom. The zero-order valence-corrected chi connectivity index (χ0v) is 11.5. The van der Waals surface area contributed by atoms with Gasteiger partial charge in [-0.25, -0.2) is 5.43 Å². The minimum absolute atomic E-state index is 0.414. The molecule has 1 N–H and O–H groups in total. The molecule has 2 aliphatic rings. The molecule has 2 bridgehead atoms. The number of allylic oxidation sites excluding steroid dienone is 1. The van der Waals surface area contributed by atoms with Crippen molar-refractivity contribution in [1.82, 2.24) is 5.43 Å². The van der Waals surface area contributed by atoms with Crippen molar-refractivity contribution in [2.75, 3.05) is 12.1 Å². The molecule has 3 atom stereocenters. The number of fused-ring (bicyclic) bond motifs is 2. The fraction of sp³-hybridized carbons (Fsp3) is 0.375. The second-order valence-electron chi connectivity index (χ2n) is 5.49. The molecule has 1 aromatic carbocycles. The van der Waals surface area contributed by atoms with Crippen LogP contribution in [0.1, 0.15) is 33.6 Å². The van der Waals surface area contributed by atoms with E-state index < -0.39 is 0 Å². The first kappa shape index (κ1) is 13.1. The quantitative estimate of drug-likeness (QED) is 0.506. The van der Waals surface area contributed by atoms with Crippen molar-refractivity contribution in [1.29, 1.82) is 0 Å². The SMILES string of the molecule is CNN(c1ccc(C=O)c(C=O)c1)C1CC2C=CC1C2. The number of carbonyl (C=O) groups is 2. The monoisotopic (exact) mass is 270 g/mol. The average Bonchev–Trinajstić information content (AvgIpc) is 3.11. The molecule has 0 amide bonds. The maximum atomic E-state index is 11.1. The zero-order chi connectivity index (χ0) is 14.1. The van der Waals surface area contributed by atoms with Crippen LogP contribution >= 0.6 is 0 Å². The first-order valence-corrected chi connectivity index (χ1v) is 6.96. The number of aldehydes is 2. The Morgan fingerprint density at radius 2 is 1.95 bits per heavy atom. The molecule has 1 fully saturated rings. The summed E-state index contributed by atoms with van der Waals surface area (Å²) in [6.45, 7) is 0. The fourth-order valence-electron chi connectivity index (χ4n) is 3.46. The van der Waals surface area contributed by atoms with Crippen LogP contribution in [-0.2, 0) is 0 Å². The average molecular weight is 270 g/mol. The molecule has 0 spiro atoms. The predicted molar refractivity (Wildman–Crippen MR) is 77.9 cm³/mol. The molecule has 2 aliphatic carbocycles. The van der Waals surface area contributed by atoms with Crippen LogP contribution in [0.15, 0.2) is 30.4 Å². The Labute approximate surface area is 118 Å². The lowest BCUT2D eigenvalue weighted by atomic mass is 10.00. The summed E-state index contributed by atoms with van der Waals surface area (Å²) in [5.41, 5.74) is 5.04.